The first-order chi connectivity index (χ1) is 16.0. The second-order valence-corrected chi connectivity index (χ2v) is 8.73. The summed E-state index contributed by atoms with van der Waals surface area (Å²) in [4.78, 5) is 17.6. The summed E-state index contributed by atoms with van der Waals surface area (Å²) in [5.41, 5.74) is 5.30. The van der Waals surface area contributed by atoms with Gasteiger partial charge in [-0.2, -0.15) is 5.10 Å². The van der Waals surface area contributed by atoms with Gasteiger partial charge in [0.05, 0.1) is 37.1 Å². The molecule has 0 radical (unpaired) electrons. The van der Waals surface area contributed by atoms with E-state index in [0.29, 0.717) is 35.3 Å². The molecule has 1 aliphatic carbocycles. The molecule has 0 saturated heterocycles. The zero-order valence-electron chi connectivity index (χ0n) is 19.4. The molecule has 2 aromatic heterocycles. The van der Waals surface area contributed by atoms with Gasteiger partial charge in [-0.25, -0.2) is 4.98 Å². The molecule has 7 heteroatoms. The first-order valence-corrected chi connectivity index (χ1v) is 11.3. The minimum absolute atomic E-state index is 0.0670. The summed E-state index contributed by atoms with van der Waals surface area (Å²) in [7, 11) is 3.17. The third-order valence-corrected chi connectivity index (χ3v) is 6.61. The van der Waals surface area contributed by atoms with E-state index in [0.717, 1.165) is 40.8 Å². The lowest BCUT2D eigenvalue weighted by Crippen LogP contribution is -2.08. The minimum atomic E-state index is 0.0670. The number of ketones is 1. The van der Waals surface area contributed by atoms with Gasteiger partial charge in [-0.3, -0.25) is 14.0 Å². The predicted octanol–water partition coefficient (Wildman–Crippen LogP) is 5.15. The van der Waals surface area contributed by atoms with Gasteiger partial charge >= 0.3 is 0 Å². The number of nitrogens with zero attached hydrogens (tertiary/aromatic N) is 4. The molecule has 0 bridgehead atoms. The van der Waals surface area contributed by atoms with Crippen LogP contribution in [0.15, 0.2) is 49.1 Å². The number of carbonyl (C=O) groups excluding carboxylic acids is 1. The van der Waals surface area contributed by atoms with Crippen molar-refractivity contribution in [3.8, 4) is 28.3 Å². The van der Waals surface area contributed by atoms with Crippen LogP contribution in [0.4, 0.5) is 0 Å². The summed E-state index contributed by atoms with van der Waals surface area (Å²) in [6.07, 6.45) is 7.32. The summed E-state index contributed by atoms with van der Waals surface area (Å²) in [6, 6.07) is 9.94. The fraction of sp³-hybridized carbons (Fsp3) is 0.346. The summed E-state index contributed by atoms with van der Waals surface area (Å²) >= 11 is 0. The highest BCUT2D eigenvalue weighted by Crippen LogP contribution is 2.43. The van der Waals surface area contributed by atoms with Gasteiger partial charge in [0, 0.05) is 36.9 Å². The molecular formula is C26H28N4O3. The van der Waals surface area contributed by atoms with Gasteiger partial charge in [-0.15, -0.1) is 0 Å². The first kappa shape index (κ1) is 21.2. The summed E-state index contributed by atoms with van der Waals surface area (Å²) < 4.78 is 15.2. The second-order valence-electron chi connectivity index (χ2n) is 8.73. The maximum Gasteiger partial charge on any atom is 0.170 e. The van der Waals surface area contributed by atoms with Gasteiger partial charge in [0.1, 0.15) is 23.4 Å². The van der Waals surface area contributed by atoms with E-state index in [4.69, 9.17) is 9.47 Å². The highest BCUT2D eigenvalue weighted by Gasteiger charge is 2.35. The van der Waals surface area contributed by atoms with Crippen LogP contribution in [0.2, 0.25) is 0 Å². The van der Waals surface area contributed by atoms with Gasteiger partial charge in [0.15, 0.2) is 5.78 Å². The van der Waals surface area contributed by atoms with E-state index in [-0.39, 0.29) is 5.78 Å². The van der Waals surface area contributed by atoms with Crippen LogP contribution in [-0.2, 0) is 6.54 Å². The van der Waals surface area contributed by atoms with Crippen LogP contribution >= 0.6 is 0 Å². The Labute approximate surface area is 193 Å². The Bertz CT molecular complexity index is 1310. The predicted molar refractivity (Wildman–Crippen MR) is 127 cm³/mol. The highest BCUT2D eigenvalue weighted by atomic mass is 16.5. The maximum atomic E-state index is 13.0. The molecule has 2 atom stereocenters. The summed E-state index contributed by atoms with van der Waals surface area (Å²) in [6.45, 7) is 5.08. The van der Waals surface area contributed by atoms with Crippen LogP contribution in [0.1, 0.15) is 37.0 Å². The van der Waals surface area contributed by atoms with E-state index in [1.165, 1.54) is 0 Å². The normalized spacial score (nSPS) is 17.3. The summed E-state index contributed by atoms with van der Waals surface area (Å²) in [5.74, 6) is 2.19. The van der Waals surface area contributed by atoms with Crippen LogP contribution in [0.25, 0.3) is 27.8 Å². The van der Waals surface area contributed by atoms with E-state index in [2.05, 4.69) is 36.1 Å². The van der Waals surface area contributed by atoms with Gasteiger partial charge in [0.2, 0.25) is 0 Å². The monoisotopic (exact) mass is 444 g/mol. The topological polar surface area (TPSA) is 71.2 Å². The molecule has 1 saturated carbocycles. The Balaban J connectivity index is 1.53. The average Bonchev–Trinajstić information content (AvgIpc) is 3.23. The van der Waals surface area contributed by atoms with Crippen LogP contribution in [0, 0.1) is 11.8 Å². The molecule has 1 fully saturated rings. The van der Waals surface area contributed by atoms with Crippen molar-refractivity contribution in [2.45, 2.75) is 33.2 Å². The largest absolute Gasteiger partial charge is 0.496 e. The molecule has 5 rings (SSSR count). The van der Waals surface area contributed by atoms with Crippen molar-refractivity contribution < 1.29 is 14.3 Å². The van der Waals surface area contributed by atoms with Gasteiger partial charge in [-0.1, -0.05) is 13.0 Å². The Hall–Kier alpha value is -3.61. The lowest BCUT2D eigenvalue weighted by Gasteiger charge is -2.15. The van der Waals surface area contributed by atoms with Crippen molar-refractivity contribution in [2.24, 2.45) is 11.8 Å². The zero-order chi connectivity index (χ0) is 23.1. The number of fused-ring (bicyclic) bond motifs is 1. The number of aromatic nitrogens is 4. The van der Waals surface area contributed by atoms with Crippen molar-refractivity contribution in [1.29, 1.82) is 0 Å². The molecule has 1 aliphatic rings. The Morgan fingerprint density at radius 1 is 1.12 bits per heavy atom. The molecule has 0 spiro atoms. The van der Waals surface area contributed by atoms with Crippen molar-refractivity contribution in [3.05, 3.63) is 54.6 Å². The van der Waals surface area contributed by atoms with Crippen LogP contribution < -0.4 is 9.47 Å². The number of methoxy groups -OCH3 is 2. The molecule has 33 heavy (non-hydrogen) atoms. The molecule has 7 nitrogen and oxygen atoms in total. The lowest BCUT2D eigenvalue weighted by molar-refractivity contribution is 0.0968. The minimum Gasteiger partial charge on any atom is -0.496 e. The van der Waals surface area contributed by atoms with E-state index < -0.39 is 0 Å². The number of rotatable bonds is 8. The molecule has 2 heterocycles. The number of aryl methyl sites for hydroxylation is 1. The SMILES string of the molecule is CCn1cc(-c2ccc3c(c2)ncn3-c2cc(OC)c(C(=O)CC3C[C@H]3C)c(OC)c2)cn1. The third-order valence-electron chi connectivity index (χ3n) is 6.61. The van der Waals surface area contributed by atoms with Gasteiger partial charge < -0.3 is 9.47 Å². The van der Waals surface area contributed by atoms with Gasteiger partial charge in [-0.05, 0) is 42.9 Å². The molecular weight excluding hydrogens is 416 g/mol. The Morgan fingerprint density at radius 2 is 1.85 bits per heavy atom. The van der Waals surface area contributed by atoms with Crippen molar-refractivity contribution in [1.82, 2.24) is 19.3 Å². The Kier molecular flexibility index (Phi) is 5.40. The molecule has 0 aliphatic heterocycles. The number of Topliss-reactive ketones (excluding diaryl/α,β-unsaturated/α-hetero) is 1. The maximum absolute atomic E-state index is 13.0. The molecule has 1 unspecified atom stereocenters. The third kappa shape index (κ3) is 3.88. The smallest absolute Gasteiger partial charge is 0.170 e. The van der Waals surface area contributed by atoms with Gasteiger partial charge in [0.25, 0.3) is 0 Å². The molecule has 170 valence electrons. The van der Waals surface area contributed by atoms with Crippen molar-refractivity contribution in [3.63, 3.8) is 0 Å². The van der Waals surface area contributed by atoms with Crippen LogP contribution in [0.5, 0.6) is 11.5 Å². The van der Waals surface area contributed by atoms with Crippen LogP contribution in [0.3, 0.4) is 0 Å². The van der Waals surface area contributed by atoms with E-state index in [1.54, 1.807) is 20.5 Å². The van der Waals surface area contributed by atoms with E-state index in [1.807, 2.05) is 39.8 Å². The van der Waals surface area contributed by atoms with Crippen LogP contribution in [-0.4, -0.2) is 39.3 Å². The number of imidazole rings is 1. The number of ether oxygens (including phenoxy) is 2. The fourth-order valence-corrected chi connectivity index (χ4v) is 4.42. The van der Waals surface area contributed by atoms with Crippen molar-refractivity contribution in [2.75, 3.05) is 14.2 Å². The molecule has 0 amide bonds. The number of hydrogen-bond acceptors (Lipinski definition) is 5. The quantitative estimate of drug-likeness (QED) is 0.351. The number of benzene rings is 2. The highest BCUT2D eigenvalue weighted by molar-refractivity contribution is 6.02. The average molecular weight is 445 g/mol. The molecule has 0 N–H and O–H groups in total. The van der Waals surface area contributed by atoms with E-state index in [9.17, 15) is 4.79 Å². The fourth-order valence-electron chi connectivity index (χ4n) is 4.42. The first-order valence-electron chi connectivity index (χ1n) is 11.3. The van der Waals surface area contributed by atoms with E-state index >= 15 is 0 Å². The number of carbonyl (C=O) groups is 1. The van der Waals surface area contributed by atoms with Crippen molar-refractivity contribution >= 4 is 16.8 Å². The molecule has 4 aromatic rings. The Morgan fingerprint density at radius 3 is 2.45 bits per heavy atom. The number of hydrogen-bond donors (Lipinski definition) is 0. The lowest BCUT2D eigenvalue weighted by atomic mass is 10.0. The second kappa shape index (κ2) is 8.39. The standard InChI is InChI=1S/C26H28N4O3/c1-5-29-14-19(13-28-29)17-6-7-22-21(9-17)27-15-30(22)20-11-24(32-3)26(25(12-20)33-4)23(31)10-18-8-16(18)2/h6-7,9,11-16,18H,5,8,10H2,1-4H3/t16-,18?/m1/s1. The molecule has 2 aromatic carbocycles. The summed E-state index contributed by atoms with van der Waals surface area (Å²) in [5, 5.41) is 4.37. The zero-order valence-corrected chi connectivity index (χ0v) is 19.4.